The largest absolute Gasteiger partial charge is 0.389 e. The summed E-state index contributed by atoms with van der Waals surface area (Å²) in [6.07, 6.45) is 0. The van der Waals surface area contributed by atoms with Gasteiger partial charge < -0.3 is 10.4 Å². The van der Waals surface area contributed by atoms with Crippen molar-refractivity contribution in [1.29, 1.82) is 0 Å². The first-order chi connectivity index (χ1) is 7.71. The van der Waals surface area contributed by atoms with Crippen molar-refractivity contribution in [3.8, 4) is 0 Å². The van der Waals surface area contributed by atoms with E-state index in [1.807, 2.05) is 0 Å². The zero-order valence-corrected chi connectivity index (χ0v) is 10.6. The molecule has 0 amide bonds. The predicted molar refractivity (Wildman–Crippen MR) is 63.7 cm³/mol. The number of nitrogens with one attached hydrogen (secondary N) is 1. The van der Waals surface area contributed by atoms with Gasteiger partial charge in [0.15, 0.2) is 0 Å². The van der Waals surface area contributed by atoms with Crippen LogP contribution in [-0.4, -0.2) is 16.7 Å². The van der Waals surface area contributed by atoms with Gasteiger partial charge in [-0.3, -0.25) is 0 Å². The molecule has 17 heavy (non-hydrogen) atoms. The number of benzene rings is 1. The zero-order chi connectivity index (χ0) is 13.2. The number of halogens is 2. The lowest BCUT2D eigenvalue weighted by molar-refractivity contribution is 0.0403. The third-order valence-electron chi connectivity index (χ3n) is 2.98. The maximum atomic E-state index is 13.5. The minimum atomic E-state index is -0.919. The minimum Gasteiger partial charge on any atom is -0.389 e. The summed E-state index contributed by atoms with van der Waals surface area (Å²) in [7, 11) is 0. The number of aliphatic hydroxyl groups is 1. The highest BCUT2D eigenvalue weighted by Gasteiger charge is 2.24. The SMILES string of the molecule is CC(NC(C)C(C)(C)O)c1cc(F)ccc1F. The Bertz CT molecular complexity index is 387. The molecule has 0 saturated carbocycles. The van der Waals surface area contributed by atoms with E-state index in [1.165, 1.54) is 6.07 Å². The first-order valence-electron chi connectivity index (χ1n) is 5.65. The van der Waals surface area contributed by atoms with Gasteiger partial charge in [-0.25, -0.2) is 8.78 Å². The smallest absolute Gasteiger partial charge is 0.128 e. The highest BCUT2D eigenvalue weighted by molar-refractivity contribution is 5.22. The van der Waals surface area contributed by atoms with Crippen molar-refractivity contribution in [2.24, 2.45) is 0 Å². The van der Waals surface area contributed by atoms with Crippen molar-refractivity contribution in [2.45, 2.75) is 45.4 Å². The number of hydrogen-bond donors (Lipinski definition) is 2. The number of hydrogen-bond acceptors (Lipinski definition) is 2. The normalized spacial score (nSPS) is 15.7. The molecule has 0 heterocycles. The molecule has 0 fully saturated rings. The van der Waals surface area contributed by atoms with Crippen LogP contribution in [-0.2, 0) is 0 Å². The molecule has 0 aliphatic carbocycles. The van der Waals surface area contributed by atoms with Crippen LogP contribution in [0.1, 0.15) is 39.3 Å². The van der Waals surface area contributed by atoms with Crippen LogP contribution in [0.5, 0.6) is 0 Å². The molecule has 0 saturated heterocycles. The molecule has 96 valence electrons. The second kappa shape index (κ2) is 5.10. The van der Waals surface area contributed by atoms with Gasteiger partial charge in [-0.1, -0.05) is 0 Å². The van der Waals surface area contributed by atoms with Crippen LogP contribution in [0.15, 0.2) is 18.2 Å². The first kappa shape index (κ1) is 14.1. The van der Waals surface area contributed by atoms with Gasteiger partial charge in [-0.15, -0.1) is 0 Å². The van der Waals surface area contributed by atoms with Crippen LogP contribution < -0.4 is 5.32 Å². The van der Waals surface area contributed by atoms with E-state index in [0.717, 1.165) is 12.1 Å². The molecule has 0 aliphatic heterocycles. The predicted octanol–water partition coefficient (Wildman–Crippen LogP) is 2.77. The van der Waals surface area contributed by atoms with Gasteiger partial charge in [0.05, 0.1) is 5.60 Å². The van der Waals surface area contributed by atoms with E-state index in [0.29, 0.717) is 0 Å². The van der Waals surface area contributed by atoms with E-state index in [1.54, 1.807) is 27.7 Å². The highest BCUT2D eigenvalue weighted by atomic mass is 19.1. The standard InChI is InChI=1S/C13H19F2NO/c1-8(16-9(2)13(3,4)17)11-7-10(14)5-6-12(11)15/h5-9,16-17H,1-4H3. The van der Waals surface area contributed by atoms with Crippen molar-refractivity contribution in [1.82, 2.24) is 5.32 Å². The van der Waals surface area contributed by atoms with Gasteiger partial charge in [0, 0.05) is 17.6 Å². The fraction of sp³-hybridized carbons (Fsp3) is 0.538. The Morgan fingerprint density at radius 2 is 1.82 bits per heavy atom. The molecule has 1 rings (SSSR count). The second-order valence-corrected chi connectivity index (χ2v) is 4.93. The highest BCUT2D eigenvalue weighted by Crippen LogP contribution is 2.20. The lowest BCUT2D eigenvalue weighted by Gasteiger charge is -2.30. The van der Waals surface area contributed by atoms with Crippen LogP contribution in [0.25, 0.3) is 0 Å². The fourth-order valence-corrected chi connectivity index (χ4v) is 1.52. The van der Waals surface area contributed by atoms with Crippen molar-refractivity contribution in [3.05, 3.63) is 35.4 Å². The van der Waals surface area contributed by atoms with Gasteiger partial charge >= 0.3 is 0 Å². The molecule has 0 radical (unpaired) electrons. The summed E-state index contributed by atoms with van der Waals surface area (Å²) in [5.41, 5.74) is -0.654. The van der Waals surface area contributed by atoms with Crippen LogP contribution >= 0.6 is 0 Å². The van der Waals surface area contributed by atoms with E-state index in [-0.39, 0.29) is 17.6 Å². The van der Waals surface area contributed by atoms with Crippen LogP contribution in [0, 0.1) is 11.6 Å². The molecule has 2 N–H and O–H groups in total. The Morgan fingerprint density at radius 1 is 1.24 bits per heavy atom. The van der Waals surface area contributed by atoms with Crippen LogP contribution in [0.3, 0.4) is 0 Å². The zero-order valence-electron chi connectivity index (χ0n) is 10.6. The lowest BCUT2D eigenvalue weighted by atomic mass is 9.98. The van der Waals surface area contributed by atoms with Crippen molar-refractivity contribution in [3.63, 3.8) is 0 Å². The van der Waals surface area contributed by atoms with Gasteiger partial charge in [0.25, 0.3) is 0 Å². The van der Waals surface area contributed by atoms with E-state index in [4.69, 9.17) is 0 Å². The molecule has 1 aromatic rings. The van der Waals surface area contributed by atoms with Crippen LogP contribution in [0.4, 0.5) is 8.78 Å². The molecule has 2 nitrogen and oxygen atoms in total. The van der Waals surface area contributed by atoms with E-state index in [9.17, 15) is 13.9 Å². The van der Waals surface area contributed by atoms with E-state index < -0.39 is 17.2 Å². The third kappa shape index (κ3) is 3.75. The van der Waals surface area contributed by atoms with Crippen molar-refractivity contribution in [2.75, 3.05) is 0 Å². The minimum absolute atomic E-state index is 0.236. The molecule has 0 spiro atoms. The first-order valence-corrected chi connectivity index (χ1v) is 5.65. The maximum absolute atomic E-state index is 13.5. The second-order valence-electron chi connectivity index (χ2n) is 4.93. The molecule has 0 aromatic heterocycles. The third-order valence-corrected chi connectivity index (χ3v) is 2.98. The van der Waals surface area contributed by atoms with Gasteiger partial charge in [0.1, 0.15) is 11.6 Å². The van der Waals surface area contributed by atoms with Crippen molar-refractivity contribution < 1.29 is 13.9 Å². The Kier molecular flexibility index (Phi) is 4.22. The lowest BCUT2D eigenvalue weighted by Crippen LogP contribution is -2.45. The Balaban J connectivity index is 2.83. The molecule has 0 bridgehead atoms. The molecule has 1 aromatic carbocycles. The average Bonchev–Trinajstić information content (AvgIpc) is 2.20. The molecule has 4 heteroatoms. The summed E-state index contributed by atoms with van der Waals surface area (Å²) >= 11 is 0. The fourth-order valence-electron chi connectivity index (χ4n) is 1.52. The summed E-state index contributed by atoms with van der Waals surface area (Å²) in [4.78, 5) is 0. The van der Waals surface area contributed by atoms with Crippen LogP contribution in [0.2, 0.25) is 0 Å². The molecule has 2 atom stereocenters. The summed E-state index contributed by atoms with van der Waals surface area (Å²) in [5.74, 6) is -0.916. The van der Waals surface area contributed by atoms with Gasteiger partial charge in [-0.05, 0) is 45.9 Å². The molecule has 0 aliphatic rings. The molecular formula is C13H19F2NO. The van der Waals surface area contributed by atoms with Gasteiger partial charge in [0.2, 0.25) is 0 Å². The quantitative estimate of drug-likeness (QED) is 0.852. The summed E-state index contributed by atoms with van der Waals surface area (Å²) in [6, 6.07) is 2.76. The molecular weight excluding hydrogens is 224 g/mol. The summed E-state index contributed by atoms with van der Waals surface area (Å²) in [6.45, 7) is 6.87. The molecule has 2 unspecified atom stereocenters. The average molecular weight is 243 g/mol. The van der Waals surface area contributed by atoms with Gasteiger partial charge in [-0.2, -0.15) is 0 Å². The Morgan fingerprint density at radius 3 is 2.35 bits per heavy atom. The summed E-state index contributed by atoms with van der Waals surface area (Å²) < 4.78 is 26.5. The van der Waals surface area contributed by atoms with E-state index in [2.05, 4.69) is 5.32 Å². The summed E-state index contributed by atoms with van der Waals surface area (Å²) in [5, 5.41) is 12.8. The monoisotopic (exact) mass is 243 g/mol. The Hall–Kier alpha value is -1.00. The number of rotatable bonds is 4. The van der Waals surface area contributed by atoms with Crippen molar-refractivity contribution >= 4 is 0 Å². The Labute approximate surface area is 101 Å². The maximum Gasteiger partial charge on any atom is 0.128 e. The topological polar surface area (TPSA) is 32.3 Å². The van der Waals surface area contributed by atoms with E-state index >= 15 is 0 Å².